The molecule has 1 fully saturated rings. The van der Waals surface area contributed by atoms with E-state index in [-0.39, 0.29) is 11.3 Å². The summed E-state index contributed by atoms with van der Waals surface area (Å²) in [7, 11) is 0. The molecular formula is C19H20N4O2. The number of carbonyl (C=O) groups excluding carboxylic acids is 1. The van der Waals surface area contributed by atoms with Crippen LogP contribution in [0.15, 0.2) is 66.0 Å². The number of primary amides is 1. The van der Waals surface area contributed by atoms with Crippen LogP contribution in [0.1, 0.15) is 12.0 Å². The SMILES string of the molecule is N=C(C(C(N)=O)=C1NCCCN1)c1ccc(Oc2ccccc2)cc1. The first kappa shape index (κ1) is 16.6. The number of benzene rings is 2. The smallest absolute Gasteiger partial charge is 0.254 e. The topological polar surface area (TPSA) is 100 Å². The molecule has 0 spiro atoms. The molecule has 0 saturated carbocycles. The summed E-state index contributed by atoms with van der Waals surface area (Å²) in [5.41, 5.74) is 6.33. The molecule has 1 aliphatic rings. The van der Waals surface area contributed by atoms with E-state index in [1.165, 1.54) is 0 Å². The Hall–Kier alpha value is -3.28. The molecule has 128 valence electrons. The second kappa shape index (κ2) is 7.53. The highest BCUT2D eigenvalue weighted by Gasteiger charge is 2.20. The van der Waals surface area contributed by atoms with Gasteiger partial charge in [-0.05, 0) is 42.8 Å². The van der Waals surface area contributed by atoms with E-state index in [4.69, 9.17) is 15.9 Å². The van der Waals surface area contributed by atoms with Crippen molar-refractivity contribution in [3.63, 3.8) is 0 Å². The molecule has 0 bridgehead atoms. The minimum Gasteiger partial charge on any atom is -0.457 e. The number of amides is 1. The fourth-order valence-electron chi connectivity index (χ4n) is 2.58. The van der Waals surface area contributed by atoms with Crippen molar-refractivity contribution in [3.8, 4) is 11.5 Å². The highest BCUT2D eigenvalue weighted by atomic mass is 16.5. The van der Waals surface area contributed by atoms with Gasteiger partial charge in [0.1, 0.15) is 22.9 Å². The number of nitrogens with one attached hydrogen (secondary N) is 3. The molecule has 1 amide bonds. The van der Waals surface area contributed by atoms with Crippen molar-refractivity contribution in [2.75, 3.05) is 13.1 Å². The van der Waals surface area contributed by atoms with E-state index in [9.17, 15) is 4.79 Å². The van der Waals surface area contributed by atoms with E-state index in [1.807, 2.05) is 30.3 Å². The van der Waals surface area contributed by atoms with Gasteiger partial charge >= 0.3 is 0 Å². The van der Waals surface area contributed by atoms with Gasteiger partial charge in [0.15, 0.2) is 0 Å². The molecule has 0 unspecified atom stereocenters. The Morgan fingerprint density at radius 2 is 1.56 bits per heavy atom. The number of nitrogens with two attached hydrogens (primary N) is 1. The average Bonchev–Trinajstić information content (AvgIpc) is 2.64. The molecule has 0 atom stereocenters. The zero-order valence-corrected chi connectivity index (χ0v) is 13.7. The molecule has 25 heavy (non-hydrogen) atoms. The van der Waals surface area contributed by atoms with E-state index < -0.39 is 5.91 Å². The Morgan fingerprint density at radius 1 is 0.960 bits per heavy atom. The minimum atomic E-state index is -0.633. The van der Waals surface area contributed by atoms with Gasteiger partial charge in [0.2, 0.25) is 0 Å². The van der Waals surface area contributed by atoms with Crippen molar-refractivity contribution < 1.29 is 9.53 Å². The van der Waals surface area contributed by atoms with Crippen LogP contribution >= 0.6 is 0 Å². The maximum Gasteiger partial charge on any atom is 0.254 e. The van der Waals surface area contributed by atoms with E-state index in [1.54, 1.807) is 24.3 Å². The van der Waals surface area contributed by atoms with Gasteiger partial charge in [0, 0.05) is 18.7 Å². The summed E-state index contributed by atoms with van der Waals surface area (Å²) in [6.07, 6.45) is 0.953. The summed E-state index contributed by atoms with van der Waals surface area (Å²) < 4.78 is 5.74. The van der Waals surface area contributed by atoms with Crippen molar-refractivity contribution in [1.82, 2.24) is 10.6 Å². The monoisotopic (exact) mass is 336 g/mol. The van der Waals surface area contributed by atoms with Crippen LogP contribution in [0.5, 0.6) is 11.5 Å². The van der Waals surface area contributed by atoms with Gasteiger partial charge in [0.25, 0.3) is 5.91 Å². The van der Waals surface area contributed by atoms with Crippen LogP contribution in [-0.4, -0.2) is 24.7 Å². The van der Waals surface area contributed by atoms with Crippen LogP contribution in [0.3, 0.4) is 0 Å². The van der Waals surface area contributed by atoms with Gasteiger partial charge in [-0.3, -0.25) is 10.2 Å². The van der Waals surface area contributed by atoms with Crippen molar-refractivity contribution in [2.45, 2.75) is 6.42 Å². The standard InChI is InChI=1S/C19H20N4O2/c20-17(16(18(21)24)19-22-11-4-12-23-19)13-7-9-15(10-8-13)25-14-5-2-1-3-6-14/h1-3,5-10,20,22-23H,4,11-12H2,(H2,21,24). The number of hydrogen-bond donors (Lipinski definition) is 4. The Morgan fingerprint density at radius 3 is 2.16 bits per heavy atom. The first-order valence-corrected chi connectivity index (χ1v) is 8.09. The molecule has 5 N–H and O–H groups in total. The second-order valence-electron chi connectivity index (χ2n) is 5.64. The van der Waals surface area contributed by atoms with Crippen molar-refractivity contribution in [3.05, 3.63) is 71.6 Å². The summed E-state index contributed by atoms with van der Waals surface area (Å²) in [5.74, 6) is 1.28. The van der Waals surface area contributed by atoms with Crippen molar-refractivity contribution in [2.24, 2.45) is 5.73 Å². The fraction of sp³-hybridized carbons (Fsp3) is 0.158. The third kappa shape index (κ3) is 3.98. The molecule has 3 rings (SSSR count). The van der Waals surface area contributed by atoms with Gasteiger partial charge < -0.3 is 21.1 Å². The number of para-hydroxylation sites is 1. The number of ether oxygens (including phenoxy) is 1. The number of carbonyl (C=O) groups is 1. The molecule has 2 aromatic carbocycles. The first-order chi connectivity index (χ1) is 12.1. The molecule has 6 nitrogen and oxygen atoms in total. The summed E-state index contributed by atoms with van der Waals surface area (Å²) in [5, 5.41) is 14.6. The number of hydrogen-bond acceptors (Lipinski definition) is 5. The normalized spacial score (nSPS) is 13.4. The van der Waals surface area contributed by atoms with Crippen LogP contribution in [0, 0.1) is 5.41 Å². The third-order valence-electron chi connectivity index (χ3n) is 3.83. The maximum atomic E-state index is 11.8. The lowest BCUT2D eigenvalue weighted by Gasteiger charge is -2.22. The maximum absolute atomic E-state index is 11.8. The fourth-order valence-corrected chi connectivity index (χ4v) is 2.58. The van der Waals surface area contributed by atoms with Crippen LogP contribution in [0.2, 0.25) is 0 Å². The van der Waals surface area contributed by atoms with Gasteiger partial charge in [-0.25, -0.2) is 0 Å². The van der Waals surface area contributed by atoms with Gasteiger partial charge in [-0.1, -0.05) is 18.2 Å². The van der Waals surface area contributed by atoms with Crippen molar-refractivity contribution >= 4 is 11.6 Å². The second-order valence-corrected chi connectivity index (χ2v) is 5.64. The number of rotatable bonds is 5. The van der Waals surface area contributed by atoms with Gasteiger partial charge in [-0.15, -0.1) is 0 Å². The lowest BCUT2D eigenvalue weighted by Crippen LogP contribution is -2.40. The first-order valence-electron chi connectivity index (χ1n) is 8.09. The minimum absolute atomic E-state index is 0.0793. The van der Waals surface area contributed by atoms with E-state index in [0.29, 0.717) is 17.1 Å². The molecule has 1 heterocycles. The Labute approximate surface area is 146 Å². The third-order valence-corrected chi connectivity index (χ3v) is 3.83. The van der Waals surface area contributed by atoms with E-state index in [0.717, 1.165) is 25.3 Å². The highest BCUT2D eigenvalue weighted by molar-refractivity contribution is 6.26. The molecule has 0 aromatic heterocycles. The molecule has 1 aliphatic heterocycles. The van der Waals surface area contributed by atoms with Crippen LogP contribution in [0.25, 0.3) is 0 Å². The lowest BCUT2D eigenvalue weighted by atomic mass is 10.0. The Balaban J connectivity index is 1.80. The summed E-state index contributed by atoms with van der Waals surface area (Å²) in [4.78, 5) is 11.8. The van der Waals surface area contributed by atoms with Crippen LogP contribution < -0.4 is 21.1 Å². The predicted molar refractivity (Wildman–Crippen MR) is 96.6 cm³/mol. The molecule has 2 aromatic rings. The van der Waals surface area contributed by atoms with E-state index in [2.05, 4.69) is 10.6 Å². The molecule has 0 aliphatic carbocycles. The molecular weight excluding hydrogens is 316 g/mol. The van der Waals surface area contributed by atoms with Gasteiger partial charge in [-0.2, -0.15) is 0 Å². The summed E-state index contributed by atoms with van der Waals surface area (Å²) in [6, 6.07) is 16.5. The largest absolute Gasteiger partial charge is 0.457 e. The quantitative estimate of drug-likeness (QED) is 0.496. The van der Waals surface area contributed by atoms with Crippen LogP contribution in [0.4, 0.5) is 0 Å². The van der Waals surface area contributed by atoms with E-state index >= 15 is 0 Å². The summed E-state index contributed by atoms with van der Waals surface area (Å²) in [6.45, 7) is 1.49. The predicted octanol–water partition coefficient (Wildman–Crippen LogP) is 2.13. The zero-order valence-electron chi connectivity index (χ0n) is 13.7. The molecule has 1 saturated heterocycles. The Kier molecular flexibility index (Phi) is 4.99. The van der Waals surface area contributed by atoms with Gasteiger partial charge in [0.05, 0.1) is 5.71 Å². The molecule has 0 radical (unpaired) electrons. The highest BCUT2D eigenvalue weighted by Crippen LogP contribution is 2.22. The Bertz CT molecular complexity index is 790. The van der Waals surface area contributed by atoms with Crippen LogP contribution in [-0.2, 0) is 4.79 Å². The van der Waals surface area contributed by atoms with Crippen molar-refractivity contribution in [1.29, 1.82) is 5.41 Å². The zero-order chi connectivity index (χ0) is 17.6. The lowest BCUT2D eigenvalue weighted by molar-refractivity contribution is -0.114. The average molecular weight is 336 g/mol. The molecule has 6 heteroatoms. The summed E-state index contributed by atoms with van der Waals surface area (Å²) >= 11 is 0.